The molecule has 3 rings (SSSR count). The van der Waals surface area contributed by atoms with E-state index in [1.807, 2.05) is 24.3 Å². The molecule has 2 aromatic rings. The minimum atomic E-state index is -3.26. The second kappa shape index (κ2) is 7.54. The molecule has 1 saturated heterocycles. The fourth-order valence-electron chi connectivity index (χ4n) is 2.96. The highest BCUT2D eigenvalue weighted by Crippen LogP contribution is 2.24. The molecule has 1 aromatic heterocycles. The van der Waals surface area contributed by atoms with Gasteiger partial charge in [0, 0.05) is 18.0 Å². The van der Waals surface area contributed by atoms with Crippen molar-refractivity contribution in [1.82, 2.24) is 9.88 Å². The largest absolute Gasteiger partial charge is 0.493 e. The Morgan fingerprint density at radius 2 is 1.72 bits per heavy atom. The Morgan fingerprint density at radius 1 is 1.08 bits per heavy atom. The number of benzene rings is 1. The summed E-state index contributed by atoms with van der Waals surface area (Å²) in [5.41, 5.74) is 1.87. The highest BCUT2D eigenvalue weighted by atomic mass is 32.2. The summed E-state index contributed by atoms with van der Waals surface area (Å²) in [5.74, 6) is 1.49. The summed E-state index contributed by atoms with van der Waals surface area (Å²) in [5, 5.41) is 0.0920. The molecule has 0 radical (unpaired) electrons. The second-order valence-corrected chi connectivity index (χ2v) is 8.70. The topological polar surface area (TPSA) is 59.5 Å². The van der Waals surface area contributed by atoms with Crippen LogP contribution in [0.4, 0.5) is 0 Å². The van der Waals surface area contributed by atoms with Crippen LogP contribution in [0, 0.1) is 5.92 Å². The van der Waals surface area contributed by atoms with Crippen molar-refractivity contribution in [3.05, 3.63) is 42.6 Å². The van der Waals surface area contributed by atoms with Crippen LogP contribution < -0.4 is 4.74 Å². The predicted molar refractivity (Wildman–Crippen MR) is 98.5 cm³/mol. The van der Waals surface area contributed by atoms with Crippen LogP contribution in [0.1, 0.15) is 12.8 Å². The van der Waals surface area contributed by atoms with Crippen molar-refractivity contribution < 1.29 is 13.2 Å². The summed E-state index contributed by atoms with van der Waals surface area (Å²) in [4.78, 5) is 6.38. The summed E-state index contributed by atoms with van der Waals surface area (Å²) in [6, 6.07) is 11.2. The van der Waals surface area contributed by atoms with Crippen LogP contribution in [-0.4, -0.2) is 51.3 Å². The molecule has 5 nitrogen and oxygen atoms in total. The zero-order valence-electron chi connectivity index (χ0n) is 14.7. The molecule has 6 heteroatoms. The monoisotopic (exact) mass is 360 g/mol. The van der Waals surface area contributed by atoms with Gasteiger partial charge in [-0.05, 0) is 68.7 Å². The third-order valence-corrected chi connectivity index (χ3v) is 5.63. The molecule has 0 bridgehead atoms. The highest BCUT2D eigenvalue weighted by Gasteiger charge is 2.17. The molecule has 0 saturated carbocycles. The number of nitrogens with zero attached hydrogens (tertiary/aromatic N) is 2. The summed E-state index contributed by atoms with van der Waals surface area (Å²) >= 11 is 0. The van der Waals surface area contributed by atoms with E-state index in [9.17, 15) is 8.42 Å². The lowest BCUT2D eigenvalue weighted by molar-refractivity contribution is 0.160. The summed E-state index contributed by atoms with van der Waals surface area (Å²) in [6.07, 6.45) is 5.12. The van der Waals surface area contributed by atoms with Crippen molar-refractivity contribution in [3.8, 4) is 16.9 Å². The van der Waals surface area contributed by atoms with Crippen molar-refractivity contribution in [2.45, 2.75) is 17.9 Å². The number of likely N-dealkylation sites (tertiary alicyclic amines) is 1. The van der Waals surface area contributed by atoms with Gasteiger partial charge in [0.25, 0.3) is 0 Å². The van der Waals surface area contributed by atoms with E-state index in [1.165, 1.54) is 18.9 Å². The molecule has 1 aliphatic heterocycles. The van der Waals surface area contributed by atoms with Crippen LogP contribution in [0.5, 0.6) is 5.75 Å². The molecule has 0 amide bonds. The van der Waals surface area contributed by atoms with Gasteiger partial charge in [0.15, 0.2) is 14.9 Å². The normalized spacial score (nSPS) is 16.7. The first-order valence-corrected chi connectivity index (χ1v) is 10.4. The van der Waals surface area contributed by atoms with Gasteiger partial charge in [-0.1, -0.05) is 12.1 Å². The molecule has 0 atom stereocenters. The van der Waals surface area contributed by atoms with Crippen molar-refractivity contribution in [2.24, 2.45) is 5.92 Å². The molecule has 1 aromatic carbocycles. The summed E-state index contributed by atoms with van der Waals surface area (Å²) in [7, 11) is -1.10. The average molecular weight is 360 g/mol. The summed E-state index contributed by atoms with van der Waals surface area (Å²) in [6.45, 7) is 3.05. The Bertz CT molecular complexity index is 794. The van der Waals surface area contributed by atoms with E-state index >= 15 is 0 Å². The maximum Gasteiger partial charge on any atom is 0.192 e. The number of hydrogen-bond donors (Lipinski definition) is 0. The molecule has 134 valence electrons. The number of aromatic nitrogens is 1. The molecular weight excluding hydrogens is 336 g/mol. The Kier molecular flexibility index (Phi) is 5.39. The summed E-state index contributed by atoms with van der Waals surface area (Å²) < 4.78 is 28.8. The molecule has 0 unspecified atom stereocenters. The third kappa shape index (κ3) is 4.80. The number of pyridine rings is 1. The molecular formula is C19H24N2O3S. The lowest BCUT2D eigenvalue weighted by atomic mass is 9.98. The van der Waals surface area contributed by atoms with E-state index in [-0.39, 0.29) is 5.03 Å². The van der Waals surface area contributed by atoms with Crippen LogP contribution in [0.15, 0.2) is 47.6 Å². The first kappa shape index (κ1) is 17.9. The van der Waals surface area contributed by atoms with Crippen molar-refractivity contribution in [1.29, 1.82) is 0 Å². The highest BCUT2D eigenvalue weighted by molar-refractivity contribution is 7.90. The van der Waals surface area contributed by atoms with E-state index in [0.717, 1.165) is 42.8 Å². The number of sulfone groups is 1. The zero-order chi connectivity index (χ0) is 17.9. The first-order chi connectivity index (χ1) is 11.9. The van der Waals surface area contributed by atoms with Crippen molar-refractivity contribution in [3.63, 3.8) is 0 Å². The lowest BCUT2D eigenvalue weighted by Crippen LogP contribution is -2.32. The van der Waals surface area contributed by atoms with E-state index < -0.39 is 9.84 Å². The Morgan fingerprint density at radius 3 is 2.28 bits per heavy atom. The van der Waals surface area contributed by atoms with E-state index in [2.05, 4.69) is 16.9 Å². The molecule has 0 aliphatic carbocycles. The smallest absolute Gasteiger partial charge is 0.192 e. The lowest BCUT2D eigenvalue weighted by Gasteiger charge is -2.28. The fraction of sp³-hybridized carbons (Fsp3) is 0.421. The third-order valence-electron chi connectivity index (χ3n) is 4.63. The van der Waals surface area contributed by atoms with E-state index in [0.29, 0.717) is 5.92 Å². The SMILES string of the molecule is CN1CCC(COc2ccc(-c3ccc(S(C)(=O)=O)nc3)cc2)CC1. The zero-order valence-corrected chi connectivity index (χ0v) is 15.5. The van der Waals surface area contributed by atoms with Gasteiger partial charge < -0.3 is 9.64 Å². The maximum absolute atomic E-state index is 11.5. The van der Waals surface area contributed by atoms with Crippen LogP contribution in [0.25, 0.3) is 11.1 Å². The molecule has 25 heavy (non-hydrogen) atoms. The van der Waals surface area contributed by atoms with Gasteiger partial charge in [-0.15, -0.1) is 0 Å². The molecule has 0 N–H and O–H groups in total. The fourth-order valence-corrected chi connectivity index (χ4v) is 3.52. The van der Waals surface area contributed by atoms with Crippen molar-refractivity contribution >= 4 is 9.84 Å². The molecule has 1 aliphatic rings. The van der Waals surface area contributed by atoms with Crippen LogP contribution >= 0.6 is 0 Å². The average Bonchev–Trinajstić information content (AvgIpc) is 2.61. The number of rotatable bonds is 5. The van der Waals surface area contributed by atoms with Gasteiger partial charge in [0.05, 0.1) is 6.61 Å². The number of piperidine rings is 1. The van der Waals surface area contributed by atoms with Gasteiger partial charge in [0.1, 0.15) is 5.75 Å². The number of hydrogen-bond acceptors (Lipinski definition) is 5. The van der Waals surface area contributed by atoms with Gasteiger partial charge in [-0.3, -0.25) is 0 Å². The maximum atomic E-state index is 11.5. The van der Waals surface area contributed by atoms with Gasteiger partial charge in [-0.2, -0.15) is 0 Å². The van der Waals surface area contributed by atoms with E-state index in [1.54, 1.807) is 12.3 Å². The van der Waals surface area contributed by atoms with E-state index in [4.69, 9.17) is 4.74 Å². The Balaban J connectivity index is 1.60. The van der Waals surface area contributed by atoms with Gasteiger partial charge in [-0.25, -0.2) is 13.4 Å². The minimum absolute atomic E-state index is 0.0920. The van der Waals surface area contributed by atoms with Gasteiger partial charge in [0.2, 0.25) is 0 Å². The Labute approximate surface area is 149 Å². The van der Waals surface area contributed by atoms with Gasteiger partial charge >= 0.3 is 0 Å². The standard InChI is InChI=1S/C19H24N2O3S/c1-21-11-9-15(10-12-21)14-24-18-6-3-16(4-7-18)17-5-8-19(20-13-17)25(2,22)23/h3-8,13,15H,9-12,14H2,1-2H3. The minimum Gasteiger partial charge on any atom is -0.493 e. The van der Waals surface area contributed by atoms with Crippen LogP contribution in [-0.2, 0) is 9.84 Å². The van der Waals surface area contributed by atoms with Crippen molar-refractivity contribution in [2.75, 3.05) is 33.0 Å². The van der Waals surface area contributed by atoms with Crippen LogP contribution in [0.3, 0.4) is 0 Å². The molecule has 2 heterocycles. The number of ether oxygens (including phenoxy) is 1. The second-order valence-electron chi connectivity index (χ2n) is 6.74. The Hall–Kier alpha value is -1.92. The van der Waals surface area contributed by atoms with Crippen LogP contribution in [0.2, 0.25) is 0 Å². The first-order valence-electron chi connectivity index (χ1n) is 8.50. The quantitative estimate of drug-likeness (QED) is 0.821. The molecule has 0 spiro atoms. The molecule has 1 fully saturated rings. The predicted octanol–water partition coefficient (Wildman–Crippen LogP) is 2.87.